The Morgan fingerprint density at radius 1 is 0.952 bits per heavy atom. The summed E-state index contributed by atoms with van der Waals surface area (Å²) >= 11 is 0. The summed E-state index contributed by atoms with van der Waals surface area (Å²) in [6.07, 6.45) is 0. The Morgan fingerprint density at radius 3 is 2.14 bits per heavy atom. The summed E-state index contributed by atoms with van der Waals surface area (Å²) in [5.74, 6) is -0.0768. The van der Waals surface area contributed by atoms with E-state index >= 15 is 0 Å². The summed E-state index contributed by atoms with van der Waals surface area (Å²) in [6, 6.07) is 17.3. The Labute approximate surface area is 126 Å². The average Bonchev–Trinajstić information content (AvgIpc) is 2.55. The second kappa shape index (κ2) is 7.60. The van der Waals surface area contributed by atoms with Crippen LogP contribution in [0.2, 0.25) is 0 Å². The first-order valence-corrected chi connectivity index (χ1v) is 7.40. The van der Waals surface area contributed by atoms with Gasteiger partial charge in [-0.25, -0.2) is 0 Å². The molecule has 2 aromatic rings. The first-order valence-electron chi connectivity index (χ1n) is 7.40. The van der Waals surface area contributed by atoms with Crippen LogP contribution < -0.4 is 5.32 Å². The Kier molecular flexibility index (Phi) is 5.52. The zero-order valence-corrected chi connectivity index (χ0v) is 12.7. The van der Waals surface area contributed by atoms with Crippen molar-refractivity contribution in [2.45, 2.75) is 20.4 Å². The van der Waals surface area contributed by atoms with E-state index in [0.29, 0.717) is 5.56 Å². The van der Waals surface area contributed by atoms with Crippen LogP contribution in [-0.2, 0) is 6.54 Å². The average molecular weight is 282 g/mol. The third kappa shape index (κ3) is 4.43. The van der Waals surface area contributed by atoms with E-state index in [1.165, 1.54) is 5.56 Å². The third-order valence-corrected chi connectivity index (χ3v) is 3.55. The van der Waals surface area contributed by atoms with Gasteiger partial charge in [0.2, 0.25) is 0 Å². The quantitative estimate of drug-likeness (QED) is 0.874. The number of nitrogens with one attached hydrogen (secondary N) is 1. The molecule has 0 aliphatic carbocycles. The molecule has 0 radical (unpaired) electrons. The van der Waals surface area contributed by atoms with Crippen LogP contribution in [0.4, 0.5) is 5.69 Å². The smallest absolute Gasteiger partial charge is 0.255 e. The minimum absolute atomic E-state index is 0.0768. The SMILES string of the molecule is CCN(CC)Cc1ccc(NC(=O)c2ccccc2)cc1. The number of carbonyl (C=O) groups is 1. The lowest BCUT2D eigenvalue weighted by Crippen LogP contribution is -2.22. The van der Waals surface area contributed by atoms with E-state index in [2.05, 4.69) is 36.2 Å². The molecule has 0 unspecified atom stereocenters. The molecule has 21 heavy (non-hydrogen) atoms. The van der Waals surface area contributed by atoms with Gasteiger partial charge >= 0.3 is 0 Å². The lowest BCUT2D eigenvalue weighted by atomic mass is 10.1. The van der Waals surface area contributed by atoms with Crippen LogP contribution in [0.3, 0.4) is 0 Å². The van der Waals surface area contributed by atoms with Gasteiger partial charge in [-0.05, 0) is 42.9 Å². The molecule has 110 valence electrons. The summed E-state index contributed by atoms with van der Waals surface area (Å²) < 4.78 is 0. The predicted molar refractivity (Wildman–Crippen MR) is 87.5 cm³/mol. The van der Waals surface area contributed by atoms with Crippen molar-refractivity contribution in [1.82, 2.24) is 4.90 Å². The molecule has 1 amide bonds. The standard InChI is InChI=1S/C18H22N2O/c1-3-20(4-2)14-15-10-12-17(13-11-15)19-18(21)16-8-6-5-7-9-16/h5-13H,3-4,14H2,1-2H3,(H,19,21). The van der Waals surface area contributed by atoms with Crippen molar-refractivity contribution in [1.29, 1.82) is 0 Å². The fraction of sp³-hybridized carbons (Fsp3) is 0.278. The second-order valence-corrected chi connectivity index (χ2v) is 4.98. The molecule has 0 aliphatic heterocycles. The van der Waals surface area contributed by atoms with Crippen molar-refractivity contribution in [3.63, 3.8) is 0 Å². The number of hydrogen-bond acceptors (Lipinski definition) is 2. The number of rotatable bonds is 6. The highest BCUT2D eigenvalue weighted by Crippen LogP contribution is 2.13. The number of amides is 1. The van der Waals surface area contributed by atoms with E-state index < -0.39 is 0 Å². The van der Waals surface area contributed by atoms with Crippen LogP contribution >= 0.6 is 0 Å². The minimum atomic E-state index is -0.0768. The zero-order chi connectivity index (χ0) is 15.1. The van der Waals surface area contributed by atoms with E-state index in [-0.39, 0.29) is 5.91 Å². The first kappa shape index (κ1) is 15.3. The monoisotopic (exact) mass is 282 g/mol. The van der Waals surface area contributed by atoms with Gasteiger partial charge in [0.15, 0.2) is 0 Å². The molecule has 0 fully saturated rings. The molecule has 0 aliphatic rings. The van der Waals surface area contributed by atoms with Crippen molar-refractivity contribution in [3.05, 3.63) is 65.7 Å². The van der Waals surface area contributed by atoms with Gasteiger partial charge in [0.1, 0.15) is 0 Å². The van der Waals surface area contributed by atoms with E-state index in [0.717, 1.165) is 25.3 Å². The van der Waals surface area contributed by atoms with Gasteiger partial charge in [-0.1, -0.05) is 44.2 Å². The summed E-state index contributed by atoms with van der Waals surface area (Å²) in [7, 11) is 0. The highest BCUT2D eigenvalue weighted by molar-refractivity contribution is 6.04. The largest absolute Gasteiger partial charge is 0.322 e. The van der Waals surface area contributed by atoms with Gasteiger partial charge in [-0.15, -0.1) is 0 Å². The molecule has 2 rings (SSSR count). The number of nitrogens with zero attached hydrogens (tertiary/aromatic N) is 1. The minimum Gasteiger partial charge on any atom is -0.322 e. The Balaban J connectivity index is 1.98. The third-order valence-electron chi connectivity index (χ3n) is 3.55. The lowest BCUT2D eigenvalue weighted by molar-refractivity contribution is 0.102. The van der Waals surface area contributed by atoms with E-state index in [4.69, 9.17) is 0 Å². The first-order chi connectivity index (χ1) is 10.2. The molecule has 3 nitrogen and oxygen atoms in total. The molecule has 1 N–H and O–H groups in total. The van der Waals surface area contributed by atoms with Crippen LogP contribution in [-0.4, -0.2) is 23.9 Å². The summed E-state index contributed by atoms with van der Waals surface area (Å²) in [4.78, 5) is 14.4. The molecule has 0 spiro atoms. The van der Waals surface area contributed by atoms with Crippen LogP contribution in [0.5, 0.6) is 0 Å². The highest BCUT2D eigenvalue weighted by atomic mass is 16.1. The summed E-state index contributed by atoms with van der Waals surface area (Å²) in [5, 5.41) is 2.91. The molecule has 0 atom stereocenters. The van der Waals surface area contributed by atoms with E-state index in [1.54, 1.807) is 0 Å². The van der Waals surface area contributed by atoms with Crippen molar-refractivity contribution < 1.29 is 4.79 Å². The fourth-order valence-electron chi connectivity index (χ4n) is 2.19. The molecule has 2 aromatic carbocycles. The summed E-state index contributed by atoms with van der Waals surface area (Å²) in [5.41, 5.74) is 2.76. The van der Waals surface area contributed by atoms with Crippen molar-refractivity contribution in [2.24, 2.45) is 0 Å². The topological polar surface area (TPSA) is 32.3 Å². The maximum absolute atomic E-state index is 12.1. The van der Waals surface area contributed by atoms with Gasteiger partial charge < -0.3 is 5.32 Å². The van der Waals surface area contributed by atoms with E-state index in [9.17, 15) is 4.79 Å². The Hall–Kier alpha value is -2.13. The maximum atomic E-state index is 12.1. The number of hydrogen-bond donors (Lipinski definition) is 1. The van der Waals surface area contributed by atoms with Crippen LogP contribution in [0, 0.1) is 0 Å². The van der Waals surface area contributed by atoms with Gasteiger partial charge in [-0.3, -0.25) is 9.69 Å². The van der Waals surface area contributed by atoms with Crippen LogP contribution in [0.1, 0.15) is 29.8 Å². The maximum Gasteiger partial charge on any atom is 0.255 e. The lowest BCUT2D eigenvalue weighted by Gasteiger charge is -2.18. The fourth-order valence-corrected chi connectivity index (χ4v) is 2.19. The Bertz CT molecular complexity index is 560. The molecular weight excluding hydrogens is 260 g/mol. The van der Waals surface area contributed by atoms with Gasteiger partial charge in [0.05, 0.1) is 0 Å². The number of anilines is 1. The second-order valence-electron chi connectivity index (χ2n) is 4.98. The molecule has 0 saturated heterocycles. The molecule has 3 heteroatoms. The van der Waals surface area contributed by atoms with Crippen LogP contribution in [0.25, 0.3) is 0 Å². The number of carbonyl (C=O) groups excluding carboxylic acids is 1. The molecular formula is C18H22N2O. The summed E-state index contributed by atoms with van der Waals surface area (Å²) in [6.45, 7) is 7.36. The predicted octanol–water partition coefficient (Wildman–Crippen LogP) is 3.78. The Morgan fingerprint density at radius 2 is 1.57 bits per heavy atom. The van der Waals surface area contributed by atoms with Gasteiger partial charge in [0, 0.05) is 17.8 Å². The highest BCUT2D eigenvalue weighted by Gasteiger charge is 2.05. The molecule has 0 heterocycles. The molecule has 0 bridgehead atoms. The van der Waals surface area contributed by atoms with Crippen molar-refractivity contribution >= 4 is 11.6 Å². The van der Waals surface area contributed by atoms with Crippen molar-refractivity contribution in [3.8, 4) is 0 Å². The molecule has 0 saturated carbocycles. The number of benzene rings is 2. The van der Waals surface area contributed by atoms with Gasteiger partial charge in [-0.2, -0.15) is 0 Å². The van der Waals surface area contributed by atoms with Crippen LogP contribution in [0.15, 0.2) is 54.6 Å². The zero-order valence-electron chi connectivity index (χ0n) is 12.7. The van der Waals surface area contributed by atoms with Crippen molar-refractivity contribution in [2.75, 3.05) is 18.4 Å². The van der Waals surface area contributed by atoms with Gasteiger partial charge in [0.25, 0.3) is 5.91 Å². The van der Waals surface area contributed by atoms with E-state index in [1.807, 2.05) is 42.5 Å². The molecule has 0 aromatic heterocycles. The normalized spacial score (nSPS) is 10.6.